The van der Waals surface area contributed by atoms with E-state index in [2.05, 4.69) is 13.0 Å². The first kappa shape index (κ1) is 9.50. The molecule has 0 aromatic rings. The summed E-state index contributed by atoms with van der Waals surface area (Å²) in [7, 11) is 0. The van der Waals surface area contributed by atoms with Gasteiger partial charge in [0.15, 0.2) is 0 Å². The Labute approximate surface area is 84.6 Å². The molecular formula is C12H16O2. The van der Waals surface area contributed by atoms with Crippen LogP contribution in [0.3, 0.4) is 0 Å². The summed E-state index contributed by atoms with van der Waals surface area (Å²) < 4.78 is 5.69. The Morgan fingerprint density at radius 2 is 2.36 bits per heavy atom. The second-order valence-corrected chi connectivity index (χ2v) is 4.10. The lowest BCUT2D eigenvalue weighted by Gasteiger charge is -2.18. The zero-order chi connectivity index (χ0) is 9.97. The Bertz CT molecular complexity index is 285. The number of allylic oxidation sites excluding steroid dienone is 3. The molecule has 1 fully saturated rings. The van der Waals surface area contributed by atoms with E-state index in [1.807, 2.05) is 6.08 Å². The van der Waals surface area contributed by atoms with E-state index in [0.29, 0.717) is 12.0 Å². The van der Waals surface area contributed by atoms with Gasteiger partial charge in [0.05, 0.1) is 6.10 Å². The first-order valence-electron chi connectivity index (χ1n) is 5.36. The average molecular weight is 192 g/mol. The minimum Gasteiger partial charge on any atom is -0.491 e. The zero-order valence-corrected chi connectivity index (χ0v) is 8.53. The van der Waals surface area contributed by atoms with Crippen LogP contribution in [0.1, 0.15) is 32.6 Å². The number of rotatable bonds is 4. The molecule has 0 heterocycles. The first-order valence-corrected chi connectivity index (χ1v) is 5.36. The molecule has 0 aliphatic heterocycles. The number of aldehydes is 1. The molecule has 2 rings (SSSR count). The van der Waals surface area contributed by atoms with Gasteiger partial charge in [0.2, 0.25) is 0 Å². The van der Waals surface area contributed by atoms with Gasteiger partial charge in [-0.05, 0) is 49.3 Å². The average Bonchev–Trinajstić information content (AvgIpc) is 3.01. The van der Waals surface area contributed by atoms with Crippen molar-refractivity contribution in [1.29, 1.82) is 0 Å². The quantitative estimate of drug-likeness (QED) is 0.640. The summed E-state index contributed by atoms with van der Waals surface area (Å²) in [6.45, 7) is 2.14. The van der Waals surface area contributed by atoms with Crippen LogP contribution >= 0.6 is 0 Å². The van der Waals surface area contributed by atoms with Crippen molar-refractivity contribution in [2.24, 2.45) is 5.92 Å². The largest absolute Gasteiger partial charge is 0.491 e. The second-order valence-electron chi connectivity index (χ2n) is 4.10. The van der Waals surface area contributed by atoms with Gasteiger partial charge in [-0.25, -0.2) is 0 Å². The minimum absolute atomic E-state index is 0.418. The molecule has 0 N–H and O–H groups in total. The van der Waals surface area contributed by atoms with E-state index < -0.39 is 0 Å². The van der Waals surface area contributed by atoms with Gasteiger partial charge in [0.1, 0.15) is 12.0 Å². The maximum Gasteiger partial charge on any atom is 0.146 e. The number of carbonyl (C=O) groups excluding carboxylic acids is 1. The van der Waals surface area contributed by atoms with Crippen molar-refractivity contribution in [2.45, 2.75) is 38.7 Å². The van der Waals surface area contributed by atoms with E-state index in [0.717, 1.165) is 30.5 Å². The summed E-state index contributed by atoms with van der Waals surface area (Å²) in [5, 5.41) is 0. The van der Waals surface area contributed by atoms with Gasteiger partial charge in [0, 0.05) is 0 Å². The highest BCUT2D eigenvalue weighted by Crippen LogP contribution is 2.31. The molecule has 0 radical (unpaired) electrons. The molecule has 1 saturated carbocycles. The molecule has 0 aromatic heterocycles. The van der Waals surface area contributed by atoms with E-state index in [1.54, 1.807) is 0 Å². The van der Waals surface area contributed by atoms with Crippen molar-refractivity contribution in [1.82, 2.24) is 0 Å². The van der Waals surface area contributed by atoms with Crippen molar-refractivity contribution in [2.75, 3.05) is 0 Å². The van der Waals surface area contributed by atoms with Crippen molar-refractivity contribution in [3.8, 4) is 0 Å². The van der Waals surface area contributed by atoms with E-state index in [-0.39, 0.29) is 0 Å². The van der Waals surface area contributed by atoms with E-state index >= 15 is 0 Å². The van der Waals surface area contributed by atoms with Crippen LogP contribution in [0.15, 0.2) is 23.5 Å². The number of carbonyl (C=O) groups is 1. The topological polar surface area (TPSA) is 26.3 Å². The van der Waals surface area contributed by atoms with Crippen LogP contribution in [0.4, 0.5) is 0 Å². The summed E-state index contributed by atoms with van der Waals surface area (Å²) >= 11 is 0. The fraction of sp³-hybridized carbons (Fsp3) is 0.583. The molecule has 2 aliphatic carbocycles. The molecule has 14 heavy (non-hydrogen) atoms. The Balaban J connectivity index is 2.06. The summed E-state index contributed by atoms with van der Waals surface area (Å²) in [5.41, 5.74) is 0.870. The Hall–Kier alpha value is -1.05. The maximum atomic E-state index is 10.7. The van der Waals surface area contributed by atoms with E-state index in [4.69, 9.17) is 4.74 Å². The van der Waals surface area contributed by atoms with Crippen LogP contribution in [0, 0.1) is 5.92 Å². The molecule has 0 amide bonds. The monoisotopic (exact) mass is 192 g/mol. The predicted octanol–water partition coefficient (Wildman–Crippen LogP) is 2.60. The van der Waals surface area contributed by atoms with Gasteiger partial charge in [-0.2, -0.15) is 0 Å². The van der Waals surface area contributed by atoms with Crippen LogP contribution in [0.5, 0.6) is 0 Å². The lowest BCUT2D eigenvalue weighted by Crippen LogP contribution is -2.07. The van der Waals surface area contributed by atoms with Gasteiger partial charge in [-0.3, -0.25) is 4.79 Å². The van der Waals surface area contributed by atoms with Crippen LogP contribution in [-0.4, -0.2) is 12.4 Å². The number of ether oxygens (including phenoxy) is 1. The normalized spacial score (nSPS) is 26.5. The molecule has 0 spiro atoms. The summed E-state index contributed by atoms with van der Waals surface area (Å²) in [4.78, 5) is 10.7. The third-order valence-corrected chi connectivity index (χ3v) is 2.73. The lowest BCUT2D eigenvalue weighted by atomic mass is 9.92. The van der Waals surface area contributed by atoms with Gasteiger partial charge < -0.3 is 4.74 Å². The summed E-state index contributed by atoms with van der Waals surface area (Å²) in [6.07, 6.45) is 9.69. The number of hydrogen-bond acceptors (Lipinski definition) is 2. The van der Waals surface area contributed by atoms with Crippen LogP contribution in [-0.2, 0) is 9.53 Å². The molecular weight excluding hydrogens is 176 g/mol. The maximum absolute atomic E-state index is 10.7. The lowest BCUT2D eigenvalue weighted by molar-refractivity contribution is -0.105. The molecule has 2 heteroatoms. The number of hydrogen-bond donors (Lipinski definition) is 0. The van der Waals surface area contributed by atoms with Crippen LogP contribution in [0.25, 0.3) is 0 Å². The van der Waals surface area contributed by atoms with Crippen LogP contribution < -0.4 is 0 Å². The SMILES string of the molecule is CCC1C=C(OC2CC2)C=C(C=O)C1. The third kappa shape index (κ3) is 2.25. The van der Waals surface area contributed by atoms with Crippen molar-refractivity contribution < 1.29 is 9.53 Å². The molecule has 0 bridgehead atoms. The summed E-state index contributed by atoms with van der Waals surface area (Å²) in [5.74, 6) is 1.39. The molecule has 76 valence electrons. The van der Waals surface area contributed by atoms with Crippen molar-refractivity contribution in [3.63, 3.8) is 0 Å². The van der Waals surface area contributed by atoms with E-state index in [9.17, 15) is 4.79 Å². The summed E-state index contributed by atoms with van der Waals surface area (Å²) in [6, 6.07) is 0. The van der Waals surface area contributed by atoms with Crippen LogP contribution in [0.2, 0.25) is 0 Å². The molecule has 0 aromatic carbocycles. The minimum atomic E-state index is 0.418. The fourth-order valence-electron chi connectivity index (χ4n) is 1.68. The van der Waals surface area contributed by atoms with Gasteiger partial charge in [-0.15, -0.1) is 0 Å². The molecule has 0 saturated heterocycles. The van der Waals surface area contributed by atoms with Crippen molar-refractivity contribution >= 4 is 6.29 Å². The third-order valence-electron chi connectivity index (χ3n) is 2.73. The van der Waals surface area contributed by atoms with Gasteiger partial charge in [0.25, 0.3) is 0 Å². The predicted molar refractivity (Wildman–Crippen MR) is 54.7 cm³/mol. The smallest absolute Gasteiger partial charge is 0.146 e. The molecule has 1 unspecified atom stereocenters. The Morgan fingerprint density at radius 3 is 2.93 bits per heavy atom. The molecule has 2 nitrogen and oxygen atoms in total. The highest BCUT2D eigenvalue weighted by Gasteiger charge is 2.25. The Morgan fingerprint density at radius 1 is 1.57 bits per heavy atom. The highest BCUT2D eigenvalue weighted by atomic mass is 16.5. The zero-order valence-electron chi connectivity index (χ0n) is 8.53. The van der Waals surface area contributed by atoms with Crippen molar-refractivity contribution in [3.05, 3.63) is 23.5 Å². The van der Waals surface area contributed by atoms with Gasteiger partial charge in [-0.1, -0.05) is 6.92 Å². The second kappa shape index (κ2) is 3.99. The first-order chi connectivity index (χ1) is 6.81. The standard InChI is InChI=1S/C12H16O2/c1-2-9-5-10(8-13)7-12(6-9)14-11-3-4-11/h6-9,11H,2-5H2,1H3. The molecule has 1 atom stereocenters. The Kier molecular flexibility index (Phi) is 2.71. The van der Waals surface area contributed by atoms with E-state index in [1.165, 1.54) is 12.8 Å². The van der Waals surface area contributed by atoms with Gasteiger partial charge >= 0.3 is 0 Å². The molecule has 2 aliphatic rings. The fourth-order valence-corrected chi connectivity index (χ4v) is 1.68. The highest BCUT2D eigenvalue weighted by molar-refractivity contribution is 5.74.